The fourth-order valence-corrected chi connectivity index (χ4v) is 0.352. The highest BCUT2D eigenvalue weighted by atomic mass is 32.2. The van der Waals surface area contributed by atoms with Gasteiger partial charge in [-0.2, -0.15) is 0 Å². The molecule has 0 saturated heterocycles. The predicted molar refractivity (Wildman–Crippen MR) is 27.6 cm³/mol. The van der Waals surface area contributed by atoms with Gasteiger partial charge in [-0.25, -0.2) is 13.1 Å². The molecule has 0 saturated carbocycles. The highest BCUT2D eigenvalue weighted by molar-refractivity contribution is 7.71. The maximum atomic E-state index is 9.60. The normalized spacial score (nSPS) is 9.43. The highest BCUT2D eigenvalue weighted by Gasteiger charge is 1.82. The van der Waals surface area contributed by atoms with E-state index in [9.17, 15) is 8.42 Å². The van der Waals surface area contributed by atoms with E-state index in [0.29, 0.717) is 0 Å². The molecule has 0 fully saturated rings. The van der Waals surface area contributed by atoms with Crippen molar-refractivity contribution in [1.82, 2.24) is 4.63 Å². The summed E-state index contributed by atoms with van der Waals surface area (Å²) < 4.78 is 25.6. The van der Waals surface area contributed by atoms with E-state index in [2.05, 4.69) is 4.65 Å². The van der Waals surface area contributed by atoms with E-state index in [1.165, 1.54) is 7.11 Å². The SMILES string of the molecule is COBN[SH](=O)=O. The quantitative estimate of drug-likeness (QED) is 0.337. The number of hydrogen-bond donors (Lipinski definition) is 2. The molecule has 0 aliphatic carbocycles. The second-order valence-electron chi connectivity index (χ2n) is 0.848. The standard InChI is InChI=1S/CH6BNO3S/c1-6-2-3-7(4)5/h2,7H,1H3,(H,3,4,5). The van der Waals surface area contributed by atoms with Crippen LogP contribution in [0.3, 0.4) is 0 Å². The van der Waals surface area contributed by atoms with Crippen LogP contribution in [-0.4, -0.2) is 23.1 Å². The summed E-state index contributed by atoms with van der Waals surface area (Å²) in [6.45, 7) is 0. The van der Waals surface area contributed by atoms with Gasteiger partial charge in [0.05, 0.1) is 0 Å². The van der Waals surface area contributed by atoms with E-state index < -0.39 is 10.9 Å². The molecule has 42 valence electrons. The molecule has 0 unspecified atom stereocenters. The summed E-state index contributed by atoms with van der Waals surface area (Å²) in [6, 6.07) is 0. The van der Waals surface area contributed by atoms with Gasteiger partial charge < -0.3 is 4.65 Å². The third kappa shape index (κ3) is 5.93. The van der Waals surface area contributed by atoms with Crippen LogP contribution in [0.15, 0.2) is 0 Å². The van der Waals surface area contributed by atoms with Crippen molar-refractivity contribution < 1.29 is 13.1 Å². The summed E-state index contributed by atoms with van der Waals surface area (Å²) in [7, 11) is -1.02. The Bertz CT molecular complexity index is 93.1. The van der Waals surface area contributed by atoms with E-state index in [1.807, 2.05) is 4.63 Å². The van der Waals surface area contributed by atoms with Gasteiger partial charge in [0.25, 0.3) is 0 Å². The third-order valence-corrected chi connectivity index (χ3v) is 0.725. The van der Waals surface area contributed by atoms with E-state index in [4.69, 9.17) is 0 Å². The van der Waals surface area contributed by atoms with Gasteiger partial charge >= 0.3 is 7.62 Å². The average molecular weight is 123 g/mol. The Hall–Kier alpha value is -0.0651. The monoisotopic (exact) mass is 123 g/mol. The molecule has 0 atom stereocenters. The molecule has 0 aromatic rings. The van der Waals surface area contributed by atoms with E-state index in [1.54, 1.807) is 0 Å². The molecule has 4 nitrogen and oxygen atoms in total. The summed E-state index contributed by atoms with van der Waals surface area (Å²) in [5.74, 6) is 0. The lowest BCUT2D eigenvalue weighted by molar-refractivity contribution is 0.438. The number of nitrogens with one attached hydrogen (secondary N) is 1. The minimum atomic E-state index is -2.48. The van der Waals surface area contributed by atoms with Crippen LogP contribution in [0.1, 0.15) is 0 Å². The first-order valence-corrected chi connectivity index (χ1v) is 2.82. The van der Waals surface area contributed by atoms with Crippen LogP contribution in [0, 0.1) is 0 Å². The first kappa shape index (κ1) is 6.93. The molecule has 0 rings (SSSR count). The van der Waals surface area contributed by atoms with Crippen LogP contribution in [0.2, 0.25) is 0 Å². The molecular weight excluding hydrogens is 117 g/mol. The Labute approximate surface area is 44.2 Å². The number of rotatable bonds is 3. The van der Waals surface area contributed by atoms with Crippen LogP contribution in [0.25, 0.3) is 0 Å². The summed E-state index contributed by atoms with van der Waals surface area (Å²) in [4.78, 5) is 0. The molecule has 0 bridgehead atoms. The Morgan fingerprint density at radius 1 is 1.71 bits per heavy atom. The Balaban J connectivity index is 2.98. The minimum Gasteiger partial charge on any atom is -0.426 e. The summed E-state index contributed by atoms with van der Waals surface area (Å²) in [5, 5.41) is 0. The van der Waals surface area contributed by atoms with Gasteiger partial charge in [0.15, 0.2) is 10.9 Å². The number of hydrogen-bond acceptors (Lipinski definition) is 3. The zero-order chi connectivity index (χ0) is 5.70. The lowest BCUT2D eigenvalue weighted by Gasteiger charge is -1.85. The van der Waals surface area contributed by atoms with Gasteiger partial charge in [0.1, 0.15) is 0 Å². The van der Waals surface area contributed by atoms with Gasteiger partial charge in [0.2, 0.25) is 0 Å². The second-order valence-corrected chi connectivity index (χ2v) is 1.68. The van der Waals surface area contributed by atoms with Gasteiger partial charge in [0, 0.05) is 7.11 Å². The van der Waals surface area contributed by atoms with Gasteiger partial charge in [-0.1, -0.05) is 0 Å². The molecule has 0 spiro atoms. The maximum absolute atomic E-state index is 9.60. The zero-order valence-corrected chi connectivity index (χ0v) is 4.77. The molecule has 6 heteroatoms. The first-order valence-electron chi connectivity index (χ1n) is 1.64. The topological polar surface area (TPSA) is 55.4 Å². The highest BCUT2D eigenvalue weighted by Crippen LogP contribution is 1.50. The molecule has 0 aromatic carbocycles. The zero-order valence-electron chi connectivity index (χ0n) is 3.88. The molecule has 7 heavy (non-hydrogen) atoms. The fourth-order valence-electron chi connectivity index (χ4n) is 0.117. The van der Waals surface area contributed by atoms with Crippen molar-refractivity contribution in [3.05, 3.63) is 0 Å². The van der Waals surface area contributed by atoms with E-state index in [-0.39, 0.29) is 7.62 Å². The molecule has 0 radical (unpaired) electrons. The Morgan fingerprint density at radius 3 is 2.43 bits per heavy atom. The first-order chi connectivity index (χ1) is 3.27. The molecule has 0 heterocycles. The van der Waals surface area contributed by atoms with Gasteiger partial charge in [-0.15, -0.1) is 0 Å². The van der Waals surface area contributed by atoms with Crippen molar-refractivity contribution in [2.75, 3.05) is 7.11 Å². The molecule has 0 aromatic heterocycles. The number of thiol groups is 1. The summed E-state index contributed by atoms with van der Waals surface area (Å²) in [5.41, 5.74) is 0. The fraction of sp³-hybridized carbons (Fsp3) is 1.00. The van der Waals surface area contributed by atoms with Crippen LogP contribution in [0.4, 0.5) is 0 Å². The van der Waals surface area contributed by atoms with Crippen molar-refractivity contribution in [3.8, 4) is 0 Å². The van der Waals surface area contributed by atoms with Crippen molar-refractivity contribution in [1.29, 1.82) is 0 Å². The Morgan fingerprint density at radius 2 is 2.29 bits per heavy atom. The minimum absolute atomic E-state index is 0.0543. The lowest BCUT2D eigenvalue weighted by Crippen LogP contribution is -2.18. The van der Waals surface area contributed by atoms with Crippen molar-refractivity contribution in [2.24, 2.45) is 0 Å². The molecule has 1 N–H and O–H groups in total. The van der Waals surface area contributed by atoms with E-state index >= 15 is 0 Å². The summed E-state index contributed by atoms with van der Waals surface area (Å²) in [6.07, 6.45) is 0. The molecule has 0 amide bonds. The van der Waals surface area contributed by atoms with E-state index in [0.717, 1.165) is 0 Å². The second kappa shape index (κ2) is 4.10. The molecular formula is CH6BNO3S. The largest absolute Gasteiger partial charge is 0.426 e. The maximum Gasteiger partial charge on any atom is 0.374 e. The lowest BCUT2D eigenvalue weighted by atomic mass is 10.3. The van der Waals surface area contributed by atoms with Crippen LogP contribution < -0.4 is 4.63 Å². The van der Waals surface area contributed by atoms with Crippen molar-refractivity contribution in [2.45, 2.75) is 0 Å². The molecule has 0 aliphatic heterocycles. The predicted octanol–water partition coefficient (Wildman–Crippen LogP) is -1.98. The van der Waals surface area contributed by atoms with Crippen LogP contribution in [-0.2, 0) is 15.5 Å². The van der Waals surface area contributed by atoms with Crippen LogP contribution in [0.5, 0.6) is 0 Å². The smallest absolute Gasteiger partial charge is 0.374 e. The van der Waals surface area contributed by atoms with Crippen LogP contribution >= 0.6 is 0 Å². The van der Waals surface area contributed by atoms with Gasteiger partial charge in [-0.3, -0.25) is 0 Å². The summed E-state index contributed by atoms with van der Waals surface area (Å²) >= 11 is 0. The van der Waals surface area contributed by atoms with Crippen molar-refractivity contribution >= 4 is 18.5 Å². The molecule has 0 aliphatic rings. The third-order valence-electron chi connectivity index (χ3n) is 0.338. The van der Waals surface area contributed by atoms with Gasteiger partial charge in [-0.05, 0) is 0 Å². The Kier molecular flexibility index (Phi) is 4.07. The average Bonchev–Trinajstić information content (AvgIpc) is 1.61. The van der Waals surface area contributed by atoms with Crippen molar-refractivity contribution in [3.63, 3.8) is 0 Å².